The first-order chi connectivity index (χ1) is 4.50. The molecule has 0 fully saturated rings. The first kappa shape index (κ1) is 13.0. The molecular formula is C6H16N2O3. The first-order valence-electron chi connectivity index (χ1n) is 3.23. The van der Waals surface area contributed by atoms with Crippen LogP contribution in [0.15, 0.2) is 0 Å². The van der Waals surface area contributed by atoms with Gasteiger partial charge in [-0.3, -0.25) is 4.79 Å². The molecule has 0 saturated carbocycles. The summed E-state index contributed by atoms with van der Waals surface area (Å²) in [5.41, 5.74) is 9.47. The van der Waals surface area contributed by atoms with Gasteiger partial charge in [-0.2, -0.15) is 0 Å². The van der Waals surface area contributed by atoms with Gasteiger partial charge >= 0.3 is 5.97 Å². The molecule has 0 bridgehead atoms. The minimum Gasteiger partial charge on any atom is -0.480 e. The molecule has 0 unspecified atom stereocenters. The van der Waals surface area contributed by atoms with Crippen molar-refractivity contribution >= 4 is 5.97 Å². The van der Waals surface area contributed by atoms with E-state index < -0.39 is 11.5 Å². The summed E-state index contributed by atoms with van der Waals surface area (Å²) >= 11 is 0. The second-order valence-corrected chi connectivity index (χ2v) is 2.61. The highest BCUT2D eigenvalue weighted by Gasteiger charge is 2.26. The lowest BCUT2D eigenvalue weighted by molar-refractivity contribution is -0.142. The van der Waals surface area contributed by atoms with Crippen LogP contribution >= 0.6 is 0 Å². The molecule has 5 heteroatoms. The number of hydrogen-bond donors (Lipinski definition) is 3. The van der Waals surface area contributed by atoms with Gasteiger partial charge in [0.15, 0.2) is 0 Å². The Morgan fingerprint density at radius 2 is 2.09 bits per heavy atom. The topological polar surface area (TPSA) is 121 Å². The average Bonchev–Trinajstić information content (AvgIpc) is 1.84. The Bertz CT molecular complexity index is 125. The number of carboxylic acid groups (broad SMARTS) is 1. The lowest BCUT2D eigenvalue weighted by atomic mass is 9.98. The fraction of sp³-hybridized carbons (Fsp3) is 0.833. The molecule has 7 N–H and O–H groups in total. The van der Waals surface area contributed by atoms with E-state index in [1.807, 2.05) is 0 Å². The molecular weight excluding hydrogens is 148 g/mol. The van der Waals surface area contributed by atoms with Gasteiger partial charge in [-0.15, -0.1) is 0 Å². The average molecular weight is 164 g/mol. The van der Waals surface area contributed by atoms with Crippen LogP contribution in [0, 0.1) is 0 Å². The fourth-order valence-corrected chi connectivity index (χ4v) is 0.576. The monoisotopic (exact) mass is 164 g/mol. The molecule has 0 rings (SSSR count). The molecule has 1 atom stereocenters. The van der Waals surface area contributed by atoms with Crippen LogP contribution in [-0.2, 0) is 4.79 Å². The van der Waals surface area contributed by atoms with Gasteiger partial charge in [0.05, 0.1) is 0 Å². The summed E-state index contributed by atoms with van der Waals surface area (Å²) < 4.78 is 0. The highest BCUT2D eigenvalue weighted by atomic mass is 16.4. The molecule has 0 spiro atoms. The molecule has 0 aliphatic heterocycles. The number of rotatable bonds is 4. The van der Waals surface area contributed by atoms with Crippen LogP contribution in [0.3, 0.4) is 0 Å². The van der Waals surface area contributed by atoms with E-state index in [-0.39, 0.29) is 5.48 Å². The van der Waals surface area contributed by atoms with E-state index in [2.05, 4.69) is 0 Å². The van der Waals surface area contributed by atoms with Crippen LogP contribution in [0.2, 0.25) is 0 Å². The van der Waals surface area contributed by atoms with Crippen molar-refractivity contribution in [3.8, 4) is 0 Å². The third-order valence-corrected chi connectivity index (χ3v) is 1.39. The van der Waals surface area contributed by atoms with E-state index in [0.29, 0.717) is 19.4 Å². The Morgan fingerprint density at radius 3 is 2.36 bits per heavy atom. The minimum atomic E-state index is -1.11. The van der Waals surface area contributed by atoms with Crippen molar-refractivity contribution in [2.24, 2.45) is 11.5 Å². The van der Waals surface area contributed by atoms with E-state index in [9.17, 15) is 4.79 Å². The highest BCUT2D eigenvalue weighted by Crippen LogP contribution is 2.07. The van der Waals surface area contributed by atoms with Crippen molar-refractivity contribution < 1.29 is 15.4 Å². The molecule has 0 aromatic carbocycles. The Labute approximate surface area is 65.7 Å². The molecule has 5 nitrogen and oxygen atoms in total. The van der Waals surface area contributed by atoms with Gasteiger partial charge in [0, 0.05) is 0 Å². The summed E-state index contributed by atoms with van der Waals surface area (Å²) in [6.07, 6.45) is 1.08. The van der Waals surface area contributed by atoms with Crippen LogP contribution in [0.25, 0.3) is 0 Å². The Kier molecular flexibility index (Phi) is 5.97. The van der Waals surface area contributed by atoms with E-state index in [1.54, 1.807) is 0 Å². The predicted octanol–water partition coefficient (Wildman–Crippen LogP) is -1.30. The van der Waals surface area contributed by atoms with Gasteiger partial charge in [0.2, 0.25) is 0 Å². The van der Waals surface area contributed by atoms with Gasteiger partial charge in [-0.1, -0.05) is 0 Å². The van der Waals surface area contributed by atoms with E-state index in [4.69, 9.17) is 16.6 Å². The largest absolute Gasteiger partial charge is 0.480 e. The molecule has 0 aromatic rings. The molecule has 0 saturated heterocycles. The molecule has 0 amide bonds. The van der Waals surface area contributed by atoms with Crippen LogP contribution < -0.4 is 11.5 Å². The fourth-order valence-electron chi connectivity index (χ4n) is 0.576. The lowest BCUT2D eigenvalue weighted by Gasteiger charge is -2.17. The van der Waals surface area contributed by atoms with Crippen molar-refractivity contribution in [1.29, 1.82) is 0 Å². The van der Waals surface area contributed by atoms with Gasteiger partial charge in [0.25, 0.3) is 0 Å². The number of nitrogens with two attached hydrogens (primary N) is 2. The second kappa shape index (κ2) is 5.06. The molecule has 11 heavy (non-hydrogen) atoms. The maximum atomic E-state index is 10.4. The predicted molar refractivity (Wildman–Crippen MR) is 42.1 cm³/mol. The Balaban J connectivity index is 0. The van der Waals surface area contributed by atoms with E-state index in [0.717, 1.165) is 0 Å². The zero-order valence-corrected chi connectivity index (χ0v) is 6.63. The van der Waals surface area contributed by atoms with Gasteiger partial charge in [-0.25, -0.2) is 0 Å². The number of aliphatic carboxylic acids is 1. The molecule has 0 heterocycles. The van der Waals surface area contributed by atoms with Crippen LogP contribution in [0.4, 0.5) is 0 Å². The first-order valence-corrected chi connectivity index (χ1v) is 3.23. The quantitative estimate of drug-likeness (QED) is 0.478. The molecule has 0 aromatic heterocycles. The van der Waals surface area contributed by atoms with Crippen molar-refractivity contribution in [1.82, 2.24) is 0 Å². The number of carbonyl (C=O) groups is 1. The maximum Gasteiger partial charge on any atom is 0.323 e. The lowest BCUT2D eigenvalue weighted by Crippen LogP contribution is -2.45. The van der Waals surface area contributed by atoms with Crippen LogP contribution in [-0.4, -0.2) is 28.6 Å². The third kappa shape index (κ3) is 4.72. The Hall–Kier alpha value is -0.650. The SMILES string of the molecule is C[C@](N)(CCCN)C(=O)O.O. The summed E-state index contributed by atoms with van der Waals surface area (Å²) in [7, 11) is 0. The zero-order valence-electron chi connectivity index (χ0n) is 6.63. The molecule has 0 aliphatic carbocycles. The van der Waals surface area contributed by atoms with E-state index >= 15 is 0 Å². The molecule has 68 valence electrons. The standard InChI is InChI=1S/C6H14N2O2.H2O/c1-6(8,5(9)10)3-2-4-7;/h2-4,7-8H2,1H3,(H,9,10);1H2/t6-;/m0./s1. The summed E-state index contributed by atoms with van der Waals surface area (Å²) in [6.45, 7) is 1.98. The summed E-state index contributed by atoms with van der Waals surface area (Å²) in [5, 5.41) is 8.50. The molecule has 0 aliphatic rings. The summed E-state index contributed by atoms with van der Waals surface area (Å²) in [4.78, 5) is 10.4. The van der Waals surface area contributed by atoms with E-state index in [1.165, 1.54) is 6.92 Å². The van der Waals surface area contributed by atoms with Crippen molar-refractivity contribution in [3.63, 3.8) is 0 Å². The molecule has 0 radical (unpaired) electrons. The normalized spacial score (nSPS) is 14.8. The van der Waals surface area contributed by atoms with Gasteiger partial charge < -0.3 is 22.1 Å². The van der Waals surface area contributed by atoms with Crippen LogP contribution in [0.1, 0.15) is 19.8 Å². The number of hydrogen-bond acceptors (Lipinski definition) is 3. The smallest absolute Gasteiger partial charge is 0.323 e. The van der Waals surface area contributed by atoms with Crippen LogP contribution in [0.5, 0.6) is 0 Å². The Morgan fingerprint density at radius 1 is 1.64 bits per heavy atom. The zero-order chi connectivity index (χ0) is 8.20. The summed E-state index contributed by atoms with van der Waals surface area (Å²) in [6, 6.07) is 0. The van der Waals surface area contributed by atoms with Gasteiger partial charge in [-0.05, 0) is 26.3 Å². The van der Waals surface area contributed by atoms with Gasteiger partial charge in [0.1, 0.15) is 5.54 Å². The van der Waals surface area contributed by atoms with Crippen molar-refractivity contribution in [3.05, 3.63) is 0 Å². The van der Waals surface area contributed by atoms with Crippen molar-refractivity contribution in [2.75, 3.05) is 6.54 Å². The third-order valence-electron chi connectivity index (χ3n) is 1.39. The minimum absolute atomic E-state index is 0. The summed E-state index contributed by atoms with van der Waals surface area (Å²) in [5.74, 6) is -0.971. The number of carboxylic acids is 1. The highest BCUT2D eigenvalue weighted by molar-refractivity contribution is 5.77. The van der Waals surface area contributed by atoms with Crippen molar-refractivity contribution in [2.45, 2.75) is 25.3 Å². The second-order valence-electron chi connectivity index (χ2n) is 2.61. The maximum absolute atomic E-state index is 10.4.